The first-order valence-electron chi connectivity index (χ1n) is 11.8. The number of allylic oxidation sites excluding steroid dienone is 2. The maximum absolute atomic E-state index is 13.1. The Hall–Kier alpha value is -2.60. The Balaban J connectivity index is 1.93. The molecule has 0 amide bonds. The number of thiazole rings is 2. The van der Waals surface area contributed by atoms with Gasteiger partial charge >= 0.3 is 0 Å². The summed E-state index contributed by atoms with van der Waals surface area (Å²) in [6.07, 6.45) is 1.73. The van der Waals surface area contributed by atoms with E-state index >= 15 is 0 Å². The fourth-order valence-electron chi connectivity index (χ4n) is 5.52. The van der Waals surface area contributed by atoms with E-state index in [-0.39, 0.29) is 0 Å². The molecule has 34 heavy (non-hydrogen) atoms. The Morgan fingerprint density at radius 3 is 1.88 bits per heavy atom. The molecule has 0 radical (unpaired) electrons. The van der Waals surface area contributed by atoms with Crippen LogP contribution in [0.25, 0.3) is 20.4 Å². The van der Waals surface area contributed by atoms with Crippen molar-refractivity contribution in [1.82, 2.24) is 9.97 Å². The molecule has 2 heterocycles. The van der Waals surface area contributed by atoms with E-state index in [0.29, 0.717) is 5.01 Å². The summed E-state index contributed by atoms with van der Waals surface area (Å²) >= 11 is 3.23. The second kappa shape index (κ2) is 8.26. The summed E-state index contributed by atoms with van der Waals surface area (Å²) in [7, 11) is 0. The molecule has 0 bridgehead atoms. The predicted molar refractivity (Wildman–Crippen MR) is 146 cm³/mol. The second-order valence-corrected chi connectivity index (χ2v) is 11.3. The molecule has 2 atom stereocenters. The Labute approximate surface area is 209 Å². The molecule has 0 saturated carbocycles. The third-order valence-corrected chi connectivity index (χ3v) is 9.94. The molecule has 2 aromatic heterocycles. The van der Waals surface area contributed by atoms with Gasteiger partial charge in [-0.2, -0.15) is 0 Å². The summed E-state index contributed by atoms with van der Waals surface area (Å²) in [5.41, 5.74) is 4.90. The molecule has 1 aliphatic rings. The van der Waals surface area contributed by atoms with E-state index < -0.39 is 11.0 Å². The van der Waals surface area contributed by atoms with Gasteiger partial charge in [-0.15, -0.1) is 22.7 Å². The molecule has 2 unspecified atom stereocenters. The van der Waals surface area contributed by atoms with E-state index in [9.17, 15) is 5.11 Å². The molecule has 0 saturated heterocycles. The Morgan fingerprint density at radius 2 is 1.32 bits per heavy atom. The lowest BCUT2D eigenvalue weighted by atomic mass is 9.55. The third kappa shape index (κ3) is 2.97. The largest absolute Gasteiger partial charge is 0.376 e. The Kier molecular flexibility index (Phi) is 5.63. The van der Waals surface area contributed by atoms with Crippen molar-refractivity contribution in [3.8, 4) is 0 Å². The van der Waals surface area contributed by atoms with Crippen molar-refractivity contribution in [2.24, 2.45) is 0 Å². The SMILES string of the molecule is C=C(CCC)C1(c2nc3ccccc3s2)C(C)=C(C)C(C)=C(C)C1(O)c1nc2ccccc2s1. The topological polar surface area (TPSA) is 46.0 Å². The van der Waals surface area contributed by atoms with Crippen molar-refractivity contribution in [3.63, 3.8) is 0 Å². The molecule has 0 aliphatic heterocycles. The fraction of sp³-hybridized carbons (Fsp3) is 0.310. The van der Waals surface area contributed by atoms with Crippen molar-refractivity contribution in [2.75, 3.05) is 0 Å². The first kappa shape index (κ1) is 23.2. The van der Waals surface area contributed by atoms with Crippen molar-refractivity contribution in [3.05, 3.63) is 93.0 Å². The zero-order chi connectivity index (χ0) is 24.3. The van der Waals surface area contributed by atoms with Gasteiger partial charge in [0.2, 0.25) is 0 Å². The first-order valence-corrected chi connectivity index (χ1v) is 13.4. The average molecular weight is 487 g/mol. The van der Waals surface area contributed by atoms with Crippen LogP contribution in [0.1, 0.15) is 57.5 Å². The summed E-state index contributed by atoms with van der Waals surface area (Å²) in [6.45, 7) is 15.3. The van der Waals surface area contributed by atoms with Gasteiger partial charge in [0.25, 0.3) is 0 Å². The number of hydrogen-bond acceptors (Lipinski definition) is 5. The maximum atomic E-state index is 13.1. The van der Waals surface area contributed by atoms with Gasteiger partial charge in [0.15, 0.2) is 5.60 Å². The summed E-state index contributed by atoms with van der Waals surface area (Å²) in [6, 6.07) is 16.3. The predicted octanol–water partition coefficient (Wildman–Crippen LogP) is 8.07. The van der Waals surface area contributed by atoms with Crippen molar-refractivity contribution in [1.29, 1.82) is 0 Å². The lowest BCUT2D eigenvalue weighted by Crippen LogP contribution is -2.54. The van der Waals surface area contributed by atoms with Gasteiger partial charge < -0.3 is 5.11 Å². The van der Waals surface area contributed by atoms with Crippen molar-refractivity contribution < 1.29 is 5.11 Å². The van der Waals surface area contributed by atoms with Gasteiger partial charge in [0.1, 0.15) is 15.4 Å². The number of aromatic nitrogens is 2. The molecular weight excluding hydrogens is 456 g/mol. The summed E-state index contributed by atoms with van der Waals surface area (Å²) < 4.78 is 2.18. The summed E-state index contributed by atoms with van der Waals surface area (Å²) in [5, 5.41) is 14.7. The van der Waals surface area contributed by atoms with Crippen molar-refractivity contribution >= 4 is 43.1 Å². The molecule has 1 aliphatic carbocycles. The van der Waals surface area contributed by atoms with Crippen LogP contribution < -0.4 is 0 Å². The normalized spacial score (nSPS) is 23.4. The highest BCUT2D eigenvalue weighted by molar-refractivity contribution is 7.19. The van der Waals surface area contributed by atoms with E-state index in [2.05, 4.69) is 53.3 Å². The quantitative estimate of drug-likeness (QED) is 0.290. The number of nitrogens with zero attached hydrogens (tertiary/aromatic N) is 2. The van der Waals surface area contributed by atoms with E-state index in [1.807, 2.05) is 36.4 Å². The number of fused-ring (bicyclic) bond motifs is 2. The van der Waals surface area contributed by atoms with Crippen LogP contribution in [0.5, 0.6) is 0 Å². The Morgan fingerprint density at radius 1 is 0.824 bits per heavy atom. The molecule has 5 rings (SSSR count). The standard InChI is InChI=1S/C29H30N2OS2/c1-7-12-17(2)28(26-30-22-13-8-10-15-24(22)33-26)20(5)18(3)19(4)21(6)29(28,32)27-31-23-14-9-11-16-25(23)34-27/h8-11,13-16,32H,2,7,12H2,1,3-6H3. The Bertz CT molecular complexity index is 1440. The van der Waals surface area contributed by atoms with Crippen LogP contribution in [0.4, 0.5) is 0 Å². The average Bonchev–Trinajstić information content (AvgIpc) is 3.47. The minimum absolute atomic E-state index is 0.703. The highest BCUT2D eigenvalue weighted by Gasteiger charge is 2.62. The minimum Gasteiger partial charge on any atom is -0.376 e. The molecule has 0 spiro atoms. The molecule has 4 aromatic rings. The zero-order valence-electron chi connectivity index (χ0n) is 20.4. The molecule has 1 N–H and O–H groups in total. The molecule has 5 heteroatoms. The maximum Gasteiger partial charge on any atom is 0.157 e. The highest BCUT2D eigenvalue weighted by atomic mass is 32.1. The lowest BCUT2D eigenvalue weighted by molar-refractivity contribution is 0.0154. The molecule has 2 aromatic carbocycles. The van der Waals surface area contributed by atoms with Crippen LogP contribution in [0.3, 0.4) is 0 Å². The third-order valence-electron chi connectivity index (χ3n) is 7.64. The smallest absolute Gasteiger partial charge is 0.157 e. The van der Waals surface area contributed by atoms with Gasteiger partial charge in [0, 0.05) is 0 Å². The van der Waals surface area contributed by atoms with E-state index in [4.69, 9.17) is 9.97 Å². The van der Waals surface area contributed by atoms with Crippen LogP contribution in [0, 0.1) is 0 Å². The fourth-order valence-corrected chi connectivity index (χ4v) is 8.01. The molecule has 3 nitrogen and oxygen atoms in total. The number of para-hydroxylation sites is 2. The first-order chi connectivity index (χ1) is 16.3. The van der Waals surface area contributed by atoms with Gasteiger partial charge in [-0.05, 0) is 80.7 Å². The molecule has 0 fully saturated rings. The summed E-state index contributed by atoms with van der Waals surface area (Å²) in [4.78, 5) is 10.2. The molecular formula is C29H30N2OS2. The lowest BCUT2D eigenvalue weighted by Gasteiger charge is -2.51. The van der Waals surface area contributed by atoms with E-state index in [1.165, 1.54) is 5.57 Å². The van der Waals surface area contributed by atoms with Gasteiger partial charge in [-0.25, -0.2) is 9.97 Å². The number of rotatable bonds is 5. The van der Waals surface area contributed by atoms with Crippen LogP contribution in [-0.2, 0) is 11.0 Å². The highest BCUT2D eigenvalue weighted by Crippen LogP contribution is 2.62. The van der Waals surface area contributed by atoms with Gasteiger partial charge in [0.05, 0.1) is 20.4 Å². The van der Waals surface area contributed by atoms with Crippen LogP contribution >= 0.6 is 22.7 Å². The van der Waals surface area contributed by atoms with E-state index in [1.54, 1.807) is 22.7 Å². The summed E-state index contributed by atoms with van der Waals surface area (Å²) in [5.74, 6) is 0. The van der Waals surface area contributed by atoms with Crippen LogP contribution in [-0.4, -0.2) is 15.1 Å². The zero-order valence-corrected chi connectivity index (χ0v) is 22.0. The second-order valence-electron chi connectivity index (χ2n) is 9.29. The number of benzene rings is 2. The van der Waals surface area contributed by atoms with Gasteiger partial charge in [-0.3, -0.25) is 0 Å². The monoisotopic (exact) mass is 486 g/mol. The van der Waals surface area contributed by atoms with Crippen LogP contribution in [0.2, 0.25) is 0 Å². The van der Waals surface area contributed by atoms with Crippen molar-refractivity contribution in [2.45, 2.75) is 58.5 Å². The van der Waals surface area contributed by atoms with Crippen LogP contribution in [0.15, 0.2) is 83.0 Å². The number of aliphatic hydroxyl groups is 1. The number of hydrogen-bond donors (Lipinski definition) is 1. The van der Waals surface area contributed by atoms with Gasteiger partial charge in [-0.1, -0.05) is 49.8 Å². The minimum atomic E-state index is -1.38. The van der Waals surface area contributed by atoms with E-state index in [0.717, 1.165) is 60.6 Å². The molecule has 174 valence electrons.